The smallest absolute Gasteiger partial charge is 0.253 e. The Morgan fingerprint density at radius 1 is 0.759 bits per heavy atom. The summed E-state index contributed by atoms with van der Waals surface area (Å²) in [5.41, 5.74) is 0.557. The molecule has 3 heterocycles. The van der Waals surface area contributed by atoms with Crippen LogP contribution in [-0.4, -0.2) is 71.8 Å². The molecule has 3 aliphatic heterocycles. The van der Waals surface area contributed by atoms with E-state index < -0.39 is 0 Å². The molecule has 3 fully saturated rings. The van der Waals surface area contributed by atoms with Gasteiger partial charge >= 0.3 is 0 Å². The van der Waals surface area contributed by atoms with E-state index in [9.17, 15) is 14.0 Å². The molecule has 158 valence electrons. The van der Waals surface area contributed by atoms with E-state index in [2.05, 4.69) is 9.80 Å². The highest BCUT2D eigenvalue weighted by molar-refractivity contribution is 5.94. The molecule has 6 heteroatoms. The number of rotatable bonds is 3. The molecule has 4 rings (SSSR count). The molecule has 0 unspecified atom stereocenters. The van der Waals surface area contributed by atoms with E-state index in [0.29, 0.717) is 17.5 Å². The number of hydrogen-bond donors (Lipinski definition) is 0. The van der Waals surface area contributed by atoms with Crippen LogP contribution in [0, 0.1) is 11.7 Å². The summed E-state index contributed by atoms with van der Waals surface area (Å²) in [7, 11) is 0. The highest BCUT2D eigenvalue weighted by Gasteiger charge is 2.33. The molecular formula is C23H32FN3O2. The van der Waals surface area contributed by atoms with Gasteiger partial charge < -0.3 is 14.7 Å². The molecule has 0 saturated carbocycles. The first-order valence-corrected chi connectivity index (χ1v) is 11.2. The maximum atomic E-state index is 13.1. The van der Waals surface area contributed by atoms with Gasteiger partial charge in [0.05, 0.1) is 0 Å². The number of halogens is 1. The molecule has 1 aromatic rings. The average molecular weight is 402 g/mol. The molecule has 0 aromatic heterocycles. The Morgan fingerprint density at radius 3 is 2.00 bits per heavy atom. The maximum Gasteiger partial charge on any atom is 0.253 e. The van der Waals surface area contributed by atoms with Crippen LogP contribution < -0.4 is 0 Å². The first kappa shape index (κ1) is 20.3. The number of hydrogen-bond acceptors (Lipinski definition) is 3. The van der Waals surface area contributed by atoms with Crippen LogP contribution in [0.5, 0.6) is 0 Å². The third-order valence-electron chi connectivity index (χ3n) is 6.91. The minimum absolute atomic E-state index is 0.00529. The van der Waals surface area contributed by atoms with Crippen molar-refractivity contribution >= 4 is 11.8 Å². The maximum absolute atomic E-state index is 13.1. The lowest BCUT2D eigenvalue weighted by molar-refractivity contribution is -0.138. The Bertz CT molecular complexity index is 701. The second kappa shape index (κ2) is 9.24. The Morgan fingerprint density at radius 2 is 1.38 bits per heavy atom. The quantitative estimate of drug-likeness (QED) is 0.782. The minimum Gasteiger partial charge on any atom is -0.342 e. The zero-order chi connectivity index (χ0) is 20.2. The van der Waals surface area contributed by atoms with E-state index in [1.54, 1.807) is 12.1 Å². The average Bonchev–Trinajstić information content (AvgIpc) is 2.79. The molecule has 29 heavy (non-hydrogen) atoms. The predicted molar refractivity (Wildman–Crippen MR) is 110 cm³/mol. The van der Waals surface area contributed by atoms with Crippen LogP contribution >= 0.6 is 0 Å². The normalized spacial score (nSPS) is 22.7. The third kappa shape index (κ3) is 4.80. The van der Waals surface area contributed by atoms with Gasteiger partial charge in [-0.25, -0.2) is 4.39 Å². The van der Waals surface area contributed by atoms with Crippen LogP contribution in [0.2, 0.25) is 0 Å². The summed E-state index contributed by atoms with van der Waals surface area (Å²) in [6.45, 7) is 5.35. The number of benzene rings is 1. The lowest BCUT2D eigenvalue weighted by atomic mass is 9.91. The van der Waals surface area contributed by atoms with Gasteiger partial charge in [0, 0.05) is 43.7 Å². The van der Waals surface area contributed by atoms with Crippen LogP contribution in [0.3, 0.4) is 0 Å². The van der Waals surface area contributed by atoms with Gasteiger partial charge in [0.25, 0.3) is 5.91 Å². The molecule has 3 aliphatic rings. The summed E-state index contributed by atoms with van der Waals surface area (Å²) in [6, 6.07) is 6.31. The number of nitrogens with zero attached hydrogens (tertiary/aromatic N) is 3. The fourth-order valence-corrected chi connectivity index (χ4v) is 5.09. The molecule has 0 bridgehead atoms. The van der Waals surface area contributed by atoms with E-state index in [-0.39, 0.29) is 17.6 Å². The van der Waals surface area contributed by atoms with Crippen molar-refractivity contribution in [3.05, 3.63) is 35.6 Å². The van der Waals surface area contributed by atoms with Crippen LogP contribution in [-0.2, 0) is 4.79 Å². The van der Waals surface area contributed by atoms with Crippen molar-refractivity contribution < 1.29 is 14.0 Å². The SMILES string of the molecule is O=C(c1ccc(F)cc1)N1CCC(N2CCC(C(=O)N3CCCCC3)CC2)CC1. The first-order chi connectivity index (χ1) is 14.1. The number of carbonyl (C=O) groups excluding carboxylic acids is 2. The van der Waals surface area contributed by atoms with E-state index in [4.69, 9.17) is 0 Å². The highest BCUT2D eigenvalue weighted by atomic mass is 19.1. The second-order valence-corrected chi connectivity index (χ2v) is 8.73. The van der Waals surface area contributed by atoms with E-state index in [1.807, 2.05) is 4.90 Å². The second-order valence-electron chi connectivity index (χ2n) is 8.73. The van der Waals surface area contributed by atoms with Gasteiger partial charge in [-0.2, -0.15) is 0 Å². The van der Waals surface area contributed by atoms with Crippen LogP contribution in [0.25, 0.3) is 0 Å². The van der Waals surface area contributed by atoms with Gasteiger partial charge in [-0.15, -0.1) is 0 Å². The van der Waals surface area contributed by atoms with Crippen molar-refractivity contribution in [3.8, 4) is 0 Å². The number of piperidine rings is 3. The Kier molecular flexibility index (Phi) is 6.48. The minimum atomic E-state index is -0.317. The monoisotopic (exact) mass is 401 g/mol. The molecule has 0 radical (unpaired) electrons. The summed E-state index contributed by atoms with van der Waals surface area (Å²) in [5, 5.41) is 0. The van der Waals surface area contributed by atoms with Gasteiger partial charge in [-0.05, 0) is 82.3 Å². The number of amides is 2. The molecule has 5 nitrogen and oxygen atoms in total. The molecule has 1 aromatic carbocycles. The van der Waals surface area contributed by atoms with Crippen molar-refractivity contribution in [2.75, 3.05) is 39.3 Å². The van der Waals surface area contributed by atoms with Crippen molar-refractivity contribution in [1.29, 1.82) is 0 Å². The molecule has 3 saturated heterocycles. The molecule has 2 amide bonds. The summed E-state index contributed by atoms with van der Waals surface area (Å²) < 4.78 is 13.1. The third-order valence-corrected chi connectivity index (χ3v) is 6.91. The number of carbonyl (C=O) groups is 2. The van der Waals surface area contributed by atoms with Crippen molar-refractivity contribution in [2.24, 2.45) is 5.92 Å². The predicted octanol–water partition coefficient (Wildman–Crippen LogP) is 3.15. The zero-order valence-corrected chi connectivity index (χ0v) is 17.2. The molecule has 0 aliphatic carbocycles. The number of likely N-dealkylation sites (tertiary alicyclic amines) is 3. The zero-order valence-electron chi connectivity index (χ0n) is 17.2. The Hall–Kier alpha value is -1.95. The largest absolute Gasteiger partial charge is 0.342 e. The van der Waals surface area contributed by atoms with Gasteiger partial charge in [-0.3, -0.25) is 9.59 Å². The van der Waals surface area contributed by atoms with Gasteiger partial charge in [0.2, 0.25) is 5.91 Å². The molecular weight excluding hydrogens is 369 g/mol. The van der Waals surface area contributed by atoms with Gasteiger partial charge in [0.1, 0.15) is 5.82 Å². The highest BCUT2D eigenvalue weighted by Crippen LogP contribution is 2.26. The van der Waals surface area contributed by atoms with Gasteiger partial charge in [0.15, 0.2) is 0 Å². The Balaban J connectivity index is 1.23. The van der Waals surface area contributed by atoms with E-state index in [0.717, 1.165) is 77.8 Å². The van der Waals surface area contributed by atoms with Crippen molar-refractivity contribution in [3.63, 3.8) is 0 Å². The standard InChI is InChI=1S/C23H32FN3O2/c24-20-6-4-18(5-7-20)22(28)27-16-10-21(11-17-27)25-14-8-19(9-15-25)23(29)26-12-2-1-3-13-26/h4-7,19,21H,1-3,8-17H2. The summed E-state index contributed by atoms with van der Waals surface area (Å²) >= 11 is 0. The lowest BCUT2D eigenvalue weighted by Gasteiger charge is -2.42. The Labute approximate surface area is 172 Å². The molecule has 0 spiro atoms. The van der Waals surface area contributed by atoms with Gasteiger partial charge in [-0.1, -0.05) is 0 Å². The van der Waals surface area contributed by atoms with Crippen molar-refractivity contribution in [2.45, 2.75) is 51.0 Å². The van der Waals surface area contributed by atoms with Crippen molar-refractivity contribution in [1.82, 2.24) is 14.7 Å². The summed E-state index contributed by atoms with van der Waals surface area (Å²) in [4.78, 5) is 31.9. The lowest BCUT2D eigenvalue weighted by Crippen LogP contribution is -2.50. The fourth-order valence-electron chi connectivity index (χ4n) is 5.09. The van der Waals surface area contributed by atoms with Crippen LogP contribution in [0.1, 0.15) is 55.3 Å². The van der Waals surface area contributed by atoms with E-state index in [1.165, 1.54) is 18.6 Å². The fraction of sp³-hybridized carbons (Fsp3) is 0.652. The molecule has 0 atom stereocenters. The van der Waals surface area contributed by atoms with Crippen LogP contribution in [0.15, 0.2) is 24.3 Å². The topological polar surface area (TPSA) is 43.9 Å². The first-order valence-electron chi connectivity index (χ1n) is 11.2. The molecule has 0 N–H and O–H groups in total. The van der Waals surface area contributed by atoms with Crippen LogP contribution in [0.4, 0.5) is 4.39 Å². The van der Waals surface area contributed by atoms with E-state index >= 15 is 0 Å². The summed E-state index contributed by atoms with van der Waals surface area (Å²) in [5.74, 6) is 0.255. The summed E-state index contributed by atoms with van der Waals surface area (Å²) in [6.07, 6.45) is 7.42.